The van der Waals surface area contributed by atoms with Gasteiger partial charge in [0, 0.05) is 23.8 Å². The first-order chi connectivity index (χ1) is 7.58. The van der Waals surface area contributed by atoms with Gasteiger partial charge in [-0.25, -0.2) is 4.79 Å². The van der Waals surface area contributed by atoms with Gasteiger partial charge in [-0.05, 0) is 23.8 Å². The van der Waals surface area contributed by atoms with Crippen LogP contribution in [-0.2, 0) is 7.05 Å². The first-order valence-corrected chi connectivity index (χ1v) is 5.11. The minimum Gasteiger partial charge on any atom is -0.477 e. The number of aromatic nitrogens is 1. The highest BCUT2D eigenvalue weighted by Gasteiger charge is 2.10. The van der Waals surface area contributed by atoms with Crippen LogP contribution in [-0.4, -0.2) is 15.6 Å². The van der Waals surface area contributed by atoms with E-state index in [1.165, 1.54) is 0 Å². The summed E-state index contributed by atoms with van der Waals surface area (Å²) in [7, 11) is 1.71. The number of halogens is 1. The zero-order valence-corrected chi connectivity index (χ0v) is 9.40. The Morgan fingerprint density at radius 2 is 1.88 bits per heavy atom. The molecule has 0 aliphatic heterocycles. The smallest absolute Gasteiger partial charge is 0.352 e. The lowest BCUT2D eigenvalue weighted by atomic mass is 10.1. The highest BCUT2D eigenvalue weighted by atomic mass is 35.5. The lowest BCUT2D eigenvalue weighted by molar-refractivity contribution is 0.0686. The Balaban J connectivity index is 2.45. The van der Waals surface area contributed by atoms with Crippen LogP contribution in [0.25, 0.3) is 11.1 Å². The Kier molecular flexibility index (Phi) is 2.71. The first-order valence-electron chi connectivity index (χ1n) is 4.73. The molecule has 3 nitrogen and oxygen atoms in total. The fourth-order valence-electron chi connectivity index (χ4n) is 1.58. The standard InChI is InChI=1S/C12H10ClNO2/c1-14-7-9(6-11(14)12(15)16)8-2-4-10(13)5-3-8/h2-7H,1H3,(H,15,16). The maximum Gasteiger partial charge on any atom is 0.352 e. The monoisotopic (exact) mass is 235 g/mol. The summed E-state index contributed by atoms with van der Waals surface area (Å²) >= 11 is 5.79. The maximum atomic E-state index is 10.9. The van der Waals surface area contributed by atoms with Crippen molar-refractivity contribution in [2.24, 2.45) is 7.05 Å². The van der Waals surface area contributed by atoms with Crippen LogP contribution >= 0.6 is 11.6 Å². The van der Waals surface area contributed by atoms with Crippen molar-refractivity contribution in [3.05, 3.63) is 47.2 Å². The van der Waals surface area contributed by atoms with E-state index < -0.39 is 5.97 Å². The number of aryl methyl sites for hydroxylation is 1. The summed E-state index contributed by atoms with van der Waals surface area (Å²) < 4.78 is 1.59. The third kappa shape index (κ3) is 1.95. The molecule has 0 spiro atoms. The highest BCUT2D eigenvalue weighted by Crippen LogP contribution is 2.23. The molecule has 16 heavy (non-hydrogen) atoms. The first kappa shape index (κ1) is 10.8. The van der Waals surface area contributed by atoms with Gasteiger partial charge in [-0.2, -0.15) is 0 Å². The SMILES string of the molecule is Cn1cc(-c2ccc(Cl)cc2)cc1C(=O)O. The number of benzene rings is 1. The van der Waals surface area contributed by atoms with E-state index in [9.17, 15) is 4.79 Å². The number of aromatic carboxylic acids is 1. The topological polar surface area (TPSA) is 42.2 Å². The van der Waals surface area contributed by atoms with E-state index in [1.54, 1.807) is 36.0 Å². The van der Waals surface area contributed by atoms with Gasteiger partial charge in [0.2, 0.25) is 0 Å². The molecule has 4 heteroatoms. The second kappa shape index (κ2) is 4.02. The second-order valence-electron chi connectivity index (χ2n) is 3.54. The molecule has 0 aliphatic rings. The van der Waals surface area contributed by atoms with E-state index in [2.05, 4.69) is 0 Å². The molecule has 0 unspecified atom stereocenters. The Morgan fingerprint density at radius 1 is 1.25 bits per heavy atom. The Bertz CT molecular complexity index is 528. The molecule has 0 aliphatic carbocycles. The molecular weight excluding hydrogens is 226 g/mol. The van der Waals surface area contributed by atoms with Crippen LogP contribution in [0.2, 0.25) is 5.02 Å². The van der Waals surface area contributed by atoms with Crippen LogP contribution in [0.5, 0.6) is 0 Å². The van der Waals surface area contributed by atoms with Crippen molar-refractivity contribution in [1.29, 1.82) is 0 Å². The normalized spacial score (nSPS) is 10.4. The number of carboxylic acids is 1. The number of carbonyl (C=O) groups is 1. The van der Waals surface area contributed by atoms with Crippen molar-refractivity contribution in [2.75, 3.05) is 0 Å². The van der Waals surface area contributed by atoms with E-state index in [1.807, 2.05) is 12.1 Å². The molecule has 0 fully saturated rings. The molecule has 0 saturated carbocycles. The molecule has 1 N–H and O–H groups in total. The zero-order chi connectivity index (χ0) is 11.7. The van der Waals surface area contributed by atoms with Crippen LogP contribution in [0.4, 0.5) is 0 Å². The predicted molar refractivity (Wildman–Crippen MR) is 62.8 cm³/mol. The van der Waals surface area contributed by atoms with Crippen molar-refractivity contribution < 1.29 is 9.90 Å². The van der Waals surface area contributed by atoms with Gasteiger partial charge in [-0.15, -0.1) is 0 Å². The molecule has 1 aromatic heterocycles. The summed E-state index contributed by atoms with van der Waals surface area (Å²) in [6.45, 7) is 0. The molecule has 0 atom stereocenters. The van der Waals surface area contributed by atoms with Crippen LogP contribution in [0.3, 0.4) is 0 Å². The van der Waals surface area contributed by atoms with Crippen LogP contribution in [0.15, 0.2) is 36.5 Å². The molecular formula is C12H10ClNO2. The number of hydrogen-bond donors (Lipinski definition) is 1. The third-order valence-corrected chi connectivity index (χ3v) is 2.65. The van der Waals surface area contributed by atoms with Gasteiger partial charge in [0.05, 0.1) is 0 Å². The van der Waals surface area contributed by atoms with Gasteiger partial charge in [-0.3, -0.25) is 0 Å². The summed E-state index contributed by atoms with van der Waals surface area (Å²) in [5.41, 5.74) is 2.09. The van der Waals surface area contributed by atoms with Crippen molar-refractivity contribution >= 4 is 17.6 Å². The zero-order valence-electron chi connectivity index (χ0n) is 8.64. The number of hydrogen-bond acceptors (Lipinski definition) is 1. The van der Waals surface area contributed by atoms with Crippen LogP contribution in [0.1, 0.15) is 10.5 Å². The summed E-state index contributed by atoms with van der Waals surface area (Å²) in [5.74, 6) is -0.928. The Labute approximate surface area is 97.9 Å². The molecule has 0 radical (unpaired) electrons. The maximum absolute atomic E-state index is 10.9. The van der Waals surface area contributed by atoms with Gasteiger partial charge in [0.15, 0.2) is 0 Å². The third-order valence-electron chi connectivity index (χ3n) is 2.40. The summed E-state index contributed by atoms with van der Waals surface area (Å²) in [5, 5.41) is 9.59. The van der Waals surface area contributed by atoms with Crippen molar-refractivity contribution in [3.63, 3.8) is 0 Å². The van der Waals surface area contributed by atoms with Crippen LogP contribution < -0.4 is 0 Å². The van der Waals surface area contributed by atoms with E-state index in [0.29, 0.717) is 5.02 Å². The lowest BCUT2D eigenvalue weighted by Crippen LogP contribution is -2.02. The largest absolute Gasteiger partial charge is 0.477 e. The quantitative estimate of drug-likeness (QED) is 0.869. The van der Waals surface area contributed by atoms with Crippen molar-refractivity contribution in [2.45, 2.75) is 0 Å². The van der Waals surface area contributed by atoms with Gasteiger partial charge in [0.25, 0.3) is 0 Å². The van der Waals surface area contributed by atoms with E-state index in [4.69, 9.17) is 16.7 Å². The number of carboxylic acid groups (broad SMARTS) is 1. The molecule has 2 aromatic rings. The Morgan fingerprint density at radius 3 is 2.38 bits per heavy atom. The average Bonchev–Trinajstić information content (AvgIpc) is 2.61. The molecule has 0 amide bonds. The summed E-state index contributed by atoms with van der Waals surface area (Å²) in [6, 6.07) is 8.94. The fraction of sp³-hybridized carbons (Fsp3) is 0.0833. The highest BCUT2D eigenvalue weighted by molar-refractivity contribution is 6.30. The van der Waals surface area contributed by atoms with E-state index >= 15 is 0 Å². The predicted octanol–water partition coefficient (Wildman–Crippen LogP) is 3.04. The molecule has 0 bridgehead atoms. The average molecular weight is 236 g/mol. The number of nitrogens with zero attached hydrogens (tertiary/aromatic N) is 1. The minimum absolute atomic E-state index is 0.268. The van der Waals surface area contributed by atoms with E-state index in [0.717, 1.165) is 11.1 Å². The van der Waals surface area contributed by atoms with Gasteiger partial charge in [-0.1, -0.05) is 23.7 Å². The molecule has 2 rings (SSSR count). The van der Waals surface area contributed by atoms with Gasteiger partial charge >= 0.3 is 5.97 Å². The van der Waals surface area contributed by atoms with Crippen molar-refractivity contribution in [3.8, 4) is 11.1 Å². The molecule has 82 valence electrons. The minimum atomic E-state index is -0.928. The van der Waals surface area contributed by atoms with Crippen molar-refractivity contribution in [1.82, 2.24) is 4.57 Å². The second-order valence-corrected chi connectivity index (χ2v) is 3.97. The summed E-state index contributed by atoms with van der Waals surface area (Å²) in [4.78, 5) is 10.9. The Hall–Kier alpha value is -1.74. The molecule has 1 heterocycles. The molecule has 0 saturated heterocycles. The summed E-state index contributed by atoms with van der Waals surface area (Å²) in [6.07, 6.45) is 1.78. The van der Waals surface area contributed by atoms with Crippen LogP contribution in [0, 0.1) is 0 Å². The number of rotatable bonds is 2. The molecule has 1 aromatic carbocycles. The fourth-order valence-corrected chi connectivity index (χ4v) is 1.70. The van der Waals surface area contributed by atoms with Gasteiger partial charge in [0.1, 0.15) is 5.69 Å². The lowest BCUT2D eigenvalue weighted by Gasteiger charge is -1.96. The van der Waals surface area contributed by atoms with Gasteiger partial charge < -0.3 is 9.67 Å². The van der Waals surface area contributed by atoms with E-state index in [-0.39, 0.29) is 5.69 Å².